The normalized spacial score (nSPS) is 31.0. The van der Waals surface area contributed by atoms with Gasteiger partial charge in [0.1, 0.15) is 23.7 Å². The smallest absolute Gasteiger partial charge is 0.313 e. The lowest BCUT2D eigenvalue weighted by atomic mass is 9.74. The van der Waals surface area contributed by atoms with Crippen LogP contribution < -0.4 is 5.32 Å². The molecule has 4 aliphatic heterocycles. The molecule has 0 unspecified atom stereocenters. The lowest BCUT2D eigenvalue weighted by Crippen LogP contribution is -2.61. The lowest BCUT2D eigenvalue weighted by Gasteiger charge is -2.43. The molecular formula is C37H43N3O7. The summed E-state index contributed by atoms with van der Waals surface area (Å²) >= 11 is 0. The fourth-order valence-corrected chi connectivity index (χ4v) is 7.45. The fraction of sp³-hybridized carbons (Fsp3) is 0.459. The molecule has 2 fully saturated rings. The van der Waals surface area contributed by atoms with Gasteiger partial charge in [-0.3, -0.25) is 19.2 Å². The van der Waals surface area contributed by atoms with E-state index in [1.807, 2.05) is 93.6 Å². The Bertz CT molecular complexity index is 1550. The van der Waals surface area contributed by atoms with Crippen LogP contribution >= 0.6 is 0 Å². The van der Waals surface area contributed by atoms with Crippen LogP contribution in [0.3, 0.4) is 0 Å². The molecule has 47 heavy (non-hydrogen) atoms. The summed E-state index contributed by atoms with van der Waals surface area (Å²) in [6.07, 6.45) is 6.66. The van der Waals surface area contributed by atoms with Crippen molar-refractivity contribution in [3.63, 3.8) is 0 Å². The fourth-order valence-electron chi connectivity index (χ4n) is 7.45. The van der Waals surface area contributed by atoms with E-state index in [9.17, 15) is 24.3 Å². The number of nitrogens with zero attached hydrogens (tertiary/aromatic N) is 2. The average molecular weight is 642 g/mol. The number of hydrogen-bond donors (Lipinski definition) is 2. The van der Waals surface area contributed by atoms with Crippen molar-refractivity contribution in [1.29, 1.82) is 0 Å². The van der Waals surface area contributed by atoms with Crippen LogP contribution in [0.4, 0.5) is 0 Å². The Morgan fingerprint density at radius 1 is 0.979 bits per heavy atom. The molecule has 248 valence electrons. The number of nitrogens with one attached hydrogen (secondary N) is 1. The number of rotatable bonds is 5. The molecule has 4 heterocycles. The largest absolute Gasteiger partial charge is 0.455 e. The molecule has 4 aliphatic rings. The summed E-state index contributed by atoms with van der Waals surface area (Å²) in [5.41, 5.74) is -0.482. The van der Waals surface area contributed by atoms with E-state index in [4.69, 9.17) is 9.47 Å². The molecule has 10 heteroatoms. The minimum Gasteiger partial charge on any atom is -0.455 e. The van der Waals surface area contributed by atoms with E-state index in [1.165, 1.54) is 4.90 Å². The molecule has 0 saturated carbocycles. The number of hydrogen-bond acceptors (Lipinski definition) is 7. The highest BCUT2D eigenvalue weighted by Crippen LogP contribution is 2.56. The number of benzene rings is 2. The van der Waals surface area contributed by atoms with Gasteiger partial charge in [-0.15, -0.1) is 0 Å². The standard InChI is InChI=1S/C37H43N3O7/c1-36(2,3)39-20-12-6-11-17-29(42)38-22-28(25-15-9-5-10-16-25)46-35(45)30-27-18-19-37(47-27)31(30)33(43)40(32(37)34(39)44)26(23-41)21-24-13-7-4-8-14-24/h4-10,12-16,18-19,26-28,30-32,41H,11,17,20-23H2,1-3H3,(H,38,42)/b12-6-/t26-,27-,28-,30+,31+,32-,37+/m1/s1. The van der Waals surface area contributed by atoms with Crippen LogP contribution in [0.5, 0.6) is 0 Å². The van der Waals surface area contributed by atoms with Crippen LogP contribution in [0.15, 0.2) is 85.0 Å². The highest BCUT2D eigenvalue weighted by molar-refractivity contribution is 5.99. The zero-order valence-corrected chi connectivity index (χ0v) is 27.1. The third-order valence-electron chi connectivity index (χ3n) is 9.72. The predicted octanol–water partition coefficient (Wildman–Crippen LogP) is 3.12. The zero-order chi connectivity index (χ0) is 33.3. The number of carbonyl (C=O) groups excluding carboxylic acids is 4. The number of aliphatic hydroxyl groups is 1. The van der Waals surface area contributed by atoms with Crippen molar-refractivity contribution < 1.29 is 33.8 Å². The molecular weight excluding hydrogens is 598 g/mol. The summed E-state index contributed by atoms with van der Waals surface area (Å²) < 4.78 is 12.7. The molecule has 7 atom stereocenters. The monoisotopic (exact) mass is 641 g/mol. The Kier molecular flexibility index (Phi) is 9.09. The summed E-state index contributed by atoms with van der Waals surface area (Å²) in [7, 11) is 0. The number of cyclic esters (lactones) is 1. The molecule has 2 N–H and O–H groups in total. The van der Waals surface area contributed by atoms with E-state index < -0.39 is 59.1 Å². The summed E-state index contributed by atoms with van der Waals surface area (Å²) in [6.45, 7) is 5.67. The molecule has 1 spiro atoms. The van der Waals surface area contributed by atoms with Crippen LogP contribution in [0.25, 0.3) is 0 Å². The number of allylic oxidation sites excluding steroid dienone is 1. The van der Waals surface area contributed by atoms with Gasteiger partial charge in [0.15, 0.2) is 0 Å². The molecule has 10 nitrogen and oxygen atoms in total. The second-order valence-corrected chi connectivity index (χ2v) is 13.7. The molecule has 5 bridgehead atoms. The Morgan fingerprint density at radius 2 is 1.68 bits per heavy atom. The maximum Gasteiger partial charge on any atom is 0.313 e. The molecule has 2 saturated heterocycles. The van der Waals surface area contributed by atoms with Gasteiger partial charge in [0.2, 0.25) is 17.7 Å². The van der Waals surface area contributed by atoms with Crippen molar-refractivity contribution >= 4 is 23.7 Å². The maximum absolute atomic E-state index is 14.9. The van der Waals surface area contributed by atoms with Crippen molar-refractivity contribution in [2.45, 2.75) is 75.5 Å². The number of fused-ring (bicyclic) bond motifs is 2. The first-order chi connectivity index (χ1) is 22.5. The van der Waals surface area contributed by atoms with Gasteiger partial charge in [-0.25, -0.2) is 0 Å². The van der Waals surface area contributed by atoms with Crippen LogP contribution in [0.2, 0.25) is 0 Å². The average Bonchev–Trinajstić information content (AvgIpc) is 3.70. The van der Waals surface area contributed by atoms with Gasteiger partial charge in [0.25, 0.3) is 0 Å². The number of amides is 3. The van der Waals surface area contributed by atoms with Gasteiger partial charge in [-0.05, 0) is 44.7 Å². The van der Waals surface area contributed by atoms with Crippen LogP contribution in [-0.2, 0) is 35.1 Å². The van der Waals surface area contributed by atoms with Gasteiger partial charge in [0, 0.05) is 18.5 Å². The van der Waals surface area contributed by atoms with Crippen LogP contribution in [-0.4, -0.2) is 87.6 Å². The SMILES string of the molecule is CC(C)(C)N1C/C=C\CCC(=O)NC[C@H](c2ccccc2)OC(=O)[C@@H]2[C@H]3C(=O)N([C@@H](CO)Cc4ccccc4)[C@H](C1=O)[C@]31C=C[C@H]2O1. The Labute approximate surface area is 275 Å². The second kappa shape index (κ2) is 13.1. The van der Waals surface area contributed by atoms with Crippen molar-refractivity contribution in [2.24, 2.45) is 11.8 Å². The summed E-state index contributed by atoms with van der Waals surface area (Å²) in [6, 6.07) is 16.8. The molecule has 0 radical (unpaired) electrons. The quantitative estimate of drug-likeness (QED) is 0.380. The summed E-state index contributed by atoms with van der Waals surface area (Å²) in [5.74, 6) is -3.66. The summed E-state index contributed by atoms with van der Waals surface area (Å²) in [5, 5.41) is 13.7. The van der Waals surface area contributed by atoms with Crippen molar-refractivity contribution in [3.05, 3.63) is 96.1 Å². The first kappa shape index (κ1) is 32.7. The summed E-state index contributed by atoms with van der Waals surface area (Å²) in [4.78, 5) is 59.7. The molecule has 0 aromatic heterocycles. The van der Waals surface area contributed by atoms with E-state index in [1.54, 1.807) is 17.1 Å². The molecule has 3 amide bonds. The van der Waals surface area contributed by atoms with E-state index in [0.29, 0.717) is 18.4 Å². The van der Waals surface area contributed by atoms with Crippen molar-refractivity contribution in [3.8, 4) is 0 Å². The molecule has 0 aliphatic carbocycles. The molecule has 2 aromatic rings. The van der Waals surface area contributed by atoms with Gasteiger partial charge in [-0.2, -0.15) is 0 Å². The van der Waals surface area contributed by atoms with Gasteiger partial charge >= 0.3 is 5.97 Å². The Balaban J connectivity index is 1.44. The number of likely N-dealkylation sites (tertiary alicyclic amines) is 1. The highest BCUT2D eigenvalue weighted by Gasteiger charge is 2.74. The van der Waals surface area contributed by atoms with Gasteiger partial charge < -0.3 is 29.7 Å². The third kappa shape index (κ3) is 6.12. The second-order valence-electron chi connectivity index (χ2n) is 13.7. The van der Waals surface area contributed by atoms with Crippen LogP contribution in [0.1, 0.15) is 50.8 Å². The Morgan fingerprint density at radius 3 is 2.36 bits per heavy atom. The van der Waals surface area contributed by atoms with E-state index in [-0.39, 0.29) is 37.9 Å². The van der Waals surface area contributed by atoms with Crippen molar-refractivity contribution in [1.82, 2.24) is 15.1 Å². The number of aliphatic hydroxyl groups excluding tert-OH is 1. The predicted molar refractivity (Wildman–Crippen MR) is 174 cm³/mol. The third-order valence-corrected chi connectivity index (χ3v) is 9.72. The maximum atomic E-state index is 14.9. The zero-order valence-electron chi connectivity index (χ0n) is 27.1. The highest BCUT2D eigenvalue weighted by atomic mass is 16.6. The Hall–Kier alpha value is -4.28. The lowest BCUT2D eigenvalue weighted by molar-refractivity contribution is -0.160. The first-order valence-corrected chi connectivity index (χ1v) is 16.4. The van der Waals surface area contributed by atoms with E-state index in [2.05, 4.69) is 5.32 Å². The van der Waals surface area contributed by atoms with Crippen LogP contribution in [0, 0.1) is 11.8 Å². The molecule has 2 aromatic carbocycles. The van der Waals surface area contributed by atoms with Gasteiger partial charge in [-0.1, -0.05) is 85.0 Å². The molecule has 6 rings (SSSR count). The van der Waals surface area contributed by atoms with E-state index >= 15 is 0 Å². The minimum atomic E-state index is -1.43. The van der Waals surface area contributed by atoms with E-state index in [0.717, 1.165) is 5.56 Å². The van der Waals surface area contributed by atoms with Gasteiger partial charge in [0.05, 0.1) is 31.2 Å². The number of carbonyl (C=O) groups is 4. The minimum absolute atomic E-state index is 0.0604. The topological polar surface area (TPSA) is 125 Å². The first-order valence-electron chi connectivity index (χ1n) is 16.4. The van der Waals surface area contributed by atoms with Crippen molar-refractivity contribution in [2.75, 3.05) is 19.7 Å². The number of ether oxygens (including phenoxy) is 2. The number of esters is 1.